The van der Waals surface area contributed by atoms with Crippen LogP contribution in [0.25, 0.3) is 10.9 Å². The third-order valence-corrected chi connectivity index (χ3v) is 7.03. The second kappa shape index (κ2) is 5.60. The van der Waals surface area contributed by atoms with Crippen molar-refractivity contribution < 1.29 is 9.47 Å². The van der Waals surface area contributed by atoms with Gasteiger partial charge in [0.1, 0.15) is 6.10 Å². The standard InChI is InChI=1S/C22H19N5O2/c1-27-10-15(14-6-2-3-7-16(14)27)18-21(13-25)19(26)29-22(28-18)9-5-4-8-17(22)20(21,11-23)12-24/h2-3,6-7,10,17-18,26H,4-5,8-9H2,1H3/t17-,18+,21-,22+/m1/s1. The maximum absolute atomic E-state index is 10.4. The summed E-state index contributed by atoms with van der Waals surface area (Å²) in [6.45, 7) is 0. The van der Waals surface area contributed by atoms with Gasteiger partial charge >= 0.3 is 0 Å². The second-order valence-corrected chi connectivity index (χ2v) is 8.20. The predicted molar refractivity (Wildman–Crippen MR) is 102 cm³/mol. The van der Waals surface area contributed by atoms with Gasteiger partial charge in [0.15, 0.2) is 10.8 Å². The Morgan fingerprint density at radius 2 is 1.90 bits per heavy atom. The minimum absolute atomic E-state index is 0.328. The van der Waals surface area contributed by atoms with Crippen molar-refractivity contribution in [3.63, 3.8) is 0 Å². The summed E-state index contributed by atoms with van der Waals surface area (Å²) < 4.78 is 14.4. The number of nitriles is 3. The molecule has 1 saturated carbocycles. The number of hydrogen-bond donors (Lipinski definition) is 1. The van der Waals surface area contributed by atoms with E-state index in [-0.39, 0.29) is 5.90 Å². The first-order chi connectivity index (χ1) is 14.0. The van der Waals surface area contributed by atoms with Crippen LogP contribution < -0.4 is 0 Å². The molecule has 1 aliphatic carbocycles. The van der Waals surface area contributed by atoms with E-state index in [4.69, 9.17) is 14.9 Å². The predicted octanol–water partition coefficient (Wildman–Crippen LogP) is 3.69. The van der Waals surface area contributed by atoms with E-state index in [1.165, 1.54) is 0 Å². The largest absolute Gasteiger partial charge is 0.447 e. The number of para-hydroxylation sites is 1. The van der Waals surface area contributed by atoms with Crippen molar-refractivity contribution in [2.75, 3.05) is 0 Å². The van der Waals surface area contributed by atoms with E-state index in [0.29, 0.717) is 18.4 Å². The minimum atomic E-state index is -1.83. The highest BCUT2D eigenvalue weighted by Gasteiger charge is 2.80. The number of fused-ring (bicyclic) bond motifs is 3. The number of benzene rings is 1. The highest BCUT2D eigenvalue weighted by molar-refractivity contribution is 5.91. The molecule has 0 amide bonds. The Morgan fingerprint density at radius 1 is 1.14 bits per heavy atom. The normalized spacial score (nSPS) is 34.5. The zero-order chi connectivity index (χ0) is 20.4. The number of aryl methyl sites for hydroxylation is 1. The number of rotatable bonds is 1. The lowest BCUT2D eigenvalue weighted by atomic mass is 9.48. The van der Waals surface area contributed by atoms with Crippen molar-refractivity contribution in [3.05, 3.63) is 36.0 Å². The number of nitrogens with zero attached hydrogens (tertiary/aromatic N) is 4. The molecule has 1 aromatic carbocycles. The maximum Gasteiger partial charge on any atom is 0.218 e. The summed E-state index contributed by atoms with van der Waals surface area (Å²) in [6.07, 6.45) is 3.63. The van der Waals surface area contributed by atoms with Gasteiger partial charge in [-0.1, -0.05) is 24.6 Å². The van der Waals surface area contributed by atoms with Crippen LogP contribution in [0.2, 0.25) is 0 Å². The summed E-state index contributed by atoms with van der Waals surface area (Å²) in [5.74, 6) is -2.12. The Morgan fingerprint density at radius 3 is 2.62 bits per heavy atom. The monoisotopic (exact) mass is 385 g/mol. The first-order valence-electron chi connectivity index (χ1n) is 9.73. The van der Waals surface area contributed by atoms with E-state index < -0.39 is 28.6 Å². The molecule has 4 heterocycles. The van der Waals surface area contributed by atoms with Gasteiger partial charge in [0, 0.05) is 36.1 Å². The van der Waals surface area contributed by atoms with Gasteiger partial charge < -0.3 is 14.0 Å². The third-order valence-electron chi connectivity index (χ3n) is 7.03. The van der Waals surface area contributed by atoms with Gasteiger partial charge in [-0.2, -0.15) is 15.8 Å². The molecule has 29 heavy (non-hydrogen) atoms. The molecule has 1 spiro atoms. The first-order valence-corrected chi connectivity index (χ1v) is 9.73. The van der Waals surface area contributed by atoms with Crippen LogP contribution in [0, 0.1) is 56.2 Å². The van der Waals surface area contributed by atoms with Crippen molar-refractivity contribution in [1.82, 2.24) is 4.57 Å². The van der Waals surface area contributed by atoms with Crippen molar-refractivity contribution >= 4 is 16.8 Å². The van der Waals surface area contributed by atoms with Crippen LogP contribution in [0.1, 0.15) is 37.4 Å². The topological polar surface area (TPSA) is 119 Å². The Labute approximate surface area is 168 Å². The van der Waals surface area contributed by atoms with Crippen molar-refractivity contribution in [2.45, 2.75) is 37.6 Å². The highest BCUT2D eigenvalue weighted by atomic mass is 16.7. The van der Waals surface area contributed by atoms with Crippen LogP contribution in [-0.2, 0) is 16.5 Å². The van der Waals surface area contributed by atoms with Gasteiger partial charge in [0.05, 0.1) is 24.1 Å². The molecule has 0 unspecified atom stereocenters. The molecule has 4 atom stereocenters. The molecule has 3 saturated heterocycles. The van der Waals surface area contributed by atoms with Gasteiger partial charge in [-0.25, -0.2) is 0 Å². The lowest BCUT2D eigenvalue weighted by Crippen LogP contribution is -2.73. The zero-order valence-electron chi connectivity index (χ0n) is 16.0. The molecule has 4 aliphatic rings. The Hall–Kier alpha value is -3.34. The summed E-state index contributed by atoms with van der Waals surface area (Å²) in [4.78, 5) is 0. The van der Waals surface area contributed by atoms with Gasteiger partial charge in [-0.15, -0.1) is 0 Å². The Bertz CT molecular complexity index is 1160. The molecule has 1 aromatic heterocycles. The first kappa shape index (κ1) is 17.7. The van der Waals surface area contributed by atoms with E-state index in [0.717, 1.165) is 23.7 Å². The summed E-state index contributed by atoms with van der Waals surface area (Å²) in [7, 11) is 1.90. The van der Waals surface area contributed by atoms with Crippen molar-refractivity contribution in [2.24, 2.45) is 23.8 Å². The van der Waals surface area contributed by atoms with Crippen molar-refractivity contribution in [3.8, 4) is 18.2 Å². The van der Waals surface area contributed by atoms with Crippen molar-refractivity contribution in [1.29, 1.82) is 21.2 Å². The Balaban J connectivity index is 1.84. The second-order valence-electron chi connectivity index (χ2n) is 8.20. The lowest BCUT2D eigenvalue weighted by Gasteiger charge is -2.63. The third kappa shape index (κ3) is 1.81. The number of aromatic nitrogens is 1. The average Bonchev–Trinajstić information content (AvgIpc) is 3.08. The molecular weight excluding hydrogens is 366 g/mol. The molecule has 144 valence electrons. The molecule has 6 rings (SSSR count). The van der Waals surface area contributed by atoms with Crippen LogP contribution in [0.3, 0.4) is 0 Å². The highest BCUT2D eigenvalue weighted by Crippen LogP contribution is 2.69. The quantitative estimate of drug-likeness (QED) is 0.803. The van der Waals surface area contributed by atoms with Crippen LogP contribution in [0.15, 0.2) is 30.5 Å². The van der Waals surface area contributed by atoms with E-state index in [2.05, 4.69) is 18.2 Å². The fourth-order valence-corrected chi connectivity index (χ4v) is 5.70. The van der Waals surface area contributed by atoms with Gasteiger partial charge in [0.25, 0.3) is 0 Å². The molecule has 7 nitrogen and oxygen atoms in total. The van der Waals surface area contributed by atoms with Gasteiger partial charge in [-0.05, 0) is 18.9 Å². The molecular formula is C22H19N5O2. The molecule has 4 fully saturated rings. The summed E-state index contributed by atoms with van der Waals surface area (Å²) in [5.41, 5.74) is -1.89. The lowest BCUT2D eigenvalue weighted by molar-refractivity contribution is -0.360. The van der Waals surface area contributed by atoms with Crippen LogP contribution in [0.5, 0.6) is 0 Å². The van der Waals surface area contributed by atoms with Crippen LogP contribution in [0.4, 0.5) is 0 Å². The SMILES string of the molecule is Cn1cc([C@@H]2O[C@]34CCCC[C@@H]3C(C#N)(C#N)[C@@]2(C#N)C(=N)O4)c2ccccc21. The van der Waals surface area contributed by atoms with E-state index in [1.807, 2.05) is 42.1 Å². The molecule has 3 aliphatic heterocycles. The fourth-order valence-electron chi connectivity index (χ4n) is 5.70. The molecule has 7 heteroatoms. The summed E-state index contributed by atoms with van der Waals surface area (Å²) in [6, 6.07) is 14.2. The average molecular weight is 385 g/mol. The smallest absolute Gasteiger partial charge is 0.218 e. The molecule has 2 aromatic rings. The van der Waals surface area contributed by atoms with Gasteiger partial charge in [-0.3, -0.25) is 5.41 Å². The number of nitrogens with one attached hydrogen (secondary N) is 1. The number of ether oxygens (including phenoxy) is 2. The molecule has 2 bridgehead atoms. The molecule has 0 radical (unpaired) electrons. The number of hydrogen-bond acceptors (Lipinski definition) is 6. The van der Waals surface area contributed by atoms with E-state index in [1.54, 1.807) is 0 Å². The fraction of sp³-hybridized carbons (Fsp3) is 0.455. The van der Waals surface area contributed by atoms with E-state index >= 15 is 0 Å². The van der Waals surface area contributed by atoms with Crippen LogP contribution in [-0.4, -0.2) is 16.3 Å². The summed E-state index contributed by atoms with van der Waals surface area (Å²) >= 11 is 0. The van der Waals surface area contributed by atoms with Crippen LogP contribution >= 0.6 is 0 Å². The zero-order valence-corrected chi connectivity index (χ0v) is 16.0. The Kier molecular flexibility index (Phi) is 3.42. The minimum Gasteiger partial charge on any atom is -0.447 e. The van der Waals surface area contributed by atoms with Gasteiger partial charge in [0.2, 0.25) is 11.7 Å². The summed E-state index contributed by atoms with van der Waals surface area (Å²) in [5, 5.41) is 40.4. The molecule has 1 N–H and O–H groups in total. The maximum atomic E-state index is 10.4. The van der Waals surface area contributed by atoms with E-state index in [9.17, 15) is 15.8 Å².